The number of aliphatic hydroxyl groups is 3. The second kappa shape index (κ2) is 11.1. The molecule has 4 aliphatic carbocycles. The van der Waals surface area contributed by atoms with E-state index in [9.17, 15) is 15.0 Å². The second-order valence-corrected chi connectivity index (χ2v) is 13.6. The molecule has 2 unspecified atom stereocenters. The molecule has 1 amide bonds. The molecule has 0 spiro atoms. The van der Waals surface area contributed by atoms with Gasteiger partial charge in [-0.15, -0.1) is 0 Å². The molecular weight excluding hydrogens is 454 g/mol. The molecule has 0 saturated heterocycles. The Morgan fingerprint density at radius 2 is 1.69 bits per heavy atom. The molecule has 4 saturated carbocycles. The fourth-order valence-corrected chi connectivity index (χ4v) is 9.98. The number of hydrogen-bond donors (Lipinski definition) is 4. The van der Waals surface area contributed by atoms with Crippen molar-refractivity contribution in [3.63, 3.8) is 0 Å². The summed E-state index contributed by atoms with van der Waals surface area (Å²) >= 11 is 0. The SMILES string of the molecule is CC[C@@H]1C2C[C@H](O)CC[C@]2(C)[C@H]2CCC3(C)[C@@H]([C@H](C)CCOC(=O)N[C@H](C)CCO)CC[C@H]3[C@H]2[C@@H]1O. The van der Waals surface area contributed by atoms with Crippen molar-refractivity contribution >= 4 is 6.09 Å². The predicted octanol–water partition coefficient (Wildman–Crippen LogP) is 5.14. The molecule has 0 aromatic rings. The summed E-state index contributed by atoms with van der Waals surface area (Å²) < 4.78 is 5.48. The van der Waals surface area contributed by atoms with E-state index in [1.165, 1.54) is 25.7 Å². The smallest absolute Gasteiger partial charge is 0.407 e. The van der Waals surface area contributed by atoms with E-state index in [-0.39, 0.29) is 35.7 Å². The zero-order valence-corrected chi connectivity index (χ0v) is 23.4. The van der Waals surface area contributed by atoms with E-state index in [0.29, 0.717) is 54.5 Å². The first-order valence-electron chi connectivity index (χ1n) is 15.0. The van der Waals surface area contributed by atoms with Crippen molar-refractivity contribution < 1.29 is 24.9 Å². The van der Waals surface area contributed by atoms with Gasteiger partial charge in [-0.25, -0.2) is 4.79 Å². The number of carbonyl (C=O) groups is 1. The van der Waals surface area contributed by atoms with Crippen molar-refractivity contribution in [2.24, 2.45) is 52.3 Å². The molecule has 0 aromatic heterocycles. The highest BCUT2D eigenvalue weighted by molar-refractivity contribution is 5.67. The zero-order chi connectivity index (χ0) is 26.3. The second-order valence-electron chi connectivity index (χ2n) is 13.6. The molecule has 4 N–H and O–H groups in total. The number of alkyl carbamates (subject to hydrolysis) is 1. The average molecular weight is 508 g/mol. The van der Waals surface area contributed by atoms with Gasteiger partial charge in [0.2, 0.25) is 0 Å². The zero-order valence-electron chi connectivity index (χ0n) is 23.4. The standard InChI is InChI=1S/C30H53NO5/c1-6-21-25-17-20(33)9-13-30(25,5)24-10-14-29(4)22(7-8-23(29)26(24)27(21)34)18(2)12-16-36-28(35)31-19(3)11-15-32/h18-27,32-34H,6-17H2,1-5H3,(H,31,35)/t18-,19-,20-,21-,22-,23+,24+,25?,26-,27-,29?,30-/m1/s1. The molecular formula is C30H53NO5. The summed E-state index contributed by atoms with van der Waals surface area (Å²) in [6, 6.07) is -0.0904. The van der Waals surface area contributed by atoms with Crippen molar-refractivity contribution in [2.75, 3.05) is 13.2 Å². The lowest BCUT2D eigenvalue weighted by atomic mass is 9.41. The van der Waals surface area contributed by atoms with E-state index in [4.69, 9.17) is 9.84 Å². The van der Waals surface area contributed by atoms with Gasteiger partial charge in [0.25, 0.3) is 0 Å². The van der Waals surface area contributed by atoms with Crippen molar-refractivity contribution in [1.82, 2.24) is 5.32 Å². The van der Waals surface area contributed by atoms with Crippen LogP contribution >= 0.6 is 0 Å². The van der Waals surface area contributed by atoms with Crippen LogP contribution in [0.2, 0.25) is 0 Å². The van der Waals surface area contributed by atoms with Crippen LogP contribution in [0.15, 0.2) is 0 Å². The molecule has 4 aliphatic rings. The van der Waals surface area contributed by atoms with Crippen LogP contribution in [0.1, 0.15) is 98.8 Å². The first kappa shape index (κ1) is 28.2. The van der Waals surface area contributed by atoms with Crippen LogP contribution in [-0.4, -0.2) is 52.9 Å². The molecule has 6 heteroatoms. The number of carbonyl (C=O) groups excluding carboxylic acids is 1. The quantitative estimate of drug-likeness (QED) is 0.365. The first-order chi connectivity index (χ1) is 17.1. The van der Waals surface area contributed by atoms with Gasteiger partial charge in [-0.1, -0.05) is 34.1 Å². The molecule has 6 nitrogen and oxygen atoms in total. The van der Waals surface area contributed by atoms with Gasteiger partial charge in [0.1, 0.15) is 0 Å². The van der Waals surface area contributed by atoms with Gasteiger partial charge in [0.15, 0.2) is 0 Å². The van der Waals surface area contributed by atoms with E-state index in [2.05, 4.69) is 33.0 Å². The Bertz CT molecular complexity index is 762. The van der Waals surface area contributed by atoms with Gasteiger partial charge in [-0.2, -0.15) is 0 Å². The van der Waals surface area contributed by atoms with Crippen LogP contribution in [0, 0.1) is 52.3 Å². The molecule has 0 aromatic carbocycles. The summed E-state index contributed by atoms with van der Waals surface area (Å²) in [4.78, 5) is 12.1. The largest absolute Gasteiger partial charge is 0.450 e. The number of nitrogens with one attached hydrogen (secondary N) is 1. The Labute approximate surface area is 219 Å². The first-order valence-corrected chi connectivity index (χ1v) is 15.0. The fourth-order valence-electron chi connectivity index (χ4n) is 9.98. The predicted molar refractivity (Wildman–Crippen MR) is 141 cm³/mol. The summed E-state index contributed by atoms with van der Waals surface area (Å²) in [6.07, 6.45) is 9.23. The van der Waals surface area contributed by atoms with Crippen LogP contribution in [0.5, 0.6) is 0 Å². The van der Waals surface area contributed by atoms with Gasteiger partial charge < -0.3 is 25.4 Å². The van der Waals surface area contributed by atoms with Gasteiger partial charge in [0, 0.05) is 12.6 Å². The van der Waals surface area contributed by atoms with Gasteiger partial charge in [-0.3, -0.25) is 0 Å². The molecule has 0 heterocycles. The third-order valence-electron chi connectivity index (χ3n) is 11.9. The molecule has 36 heavy (non-hydrogen) atoms. The summed E-state index contributed by atoms with van der Waals surface area (Å²) in [5, 5.41) is 34.1. The van der Waals surface area contributed by atoms with Crippen molar-refractivity contribution in [1.29, 1.82) is 0 Å². The van der Waals surface area contributed by atoms with Crippen molar-refractivity contribution in [3.05, 3.63) is 0 Å². The summed E-state index contributed by atoms with van der Waals surface area (Å²) in [5.74, 6) is 3.28. The normalized spacial score (nSPS) is 45.7. The van der Waals surface area contributed by atoms with Gasteiger partial charge >= 0.3 is 6.09 Å². The molecule has 12 atom stereocenters. The van der Waals surface area contributed by atoms with Crippen molar-refractivity contribution in [2.45, 2.75) is 117 Å². The maximum atomic E-state index is 12.1. The Morgan fingerprint density at radius 1 is 1.00 bits per heavy atom. The minimum atomic E-state index is -0.393. The Morgan fingerprint density at radius 3 is 2.39 bits per heavy atom. The van der Waals surface area contributed by atoms with E-state index < -0.39 is 6.09 Å². The number of amides is 1. The number of aliphatic hydroxyl groups excluding tert-OH is 3. The average Bonchev–Trinajstić information content (AvgIpc) is 3.17. The third-order valence-corrected chi connectivity index (χ3v) is 11.9. The van der Waals surface area contributed by atoms with Gasteiger partial charge in [-0.05, 0) is 117 Å². The number of ether oxygens (including phenoxy) is 1. The number of rotatable bonds is 8. The third kappa shape index (κ3) is 4.96. The highest BCUT2D eigenvalue weighted by atomic mass is 16.5. The highest BCUT2D eigenvalue weighted by Crippen LogP contribution is 2.69. The van der Waals surface area contributed by atoms with E-state index in [1.807, 2.05) is 6.92 Å². The fraction of sp³-hybridized carbons (Fsp3) is 0.967. The lowest BCUT2D eigenvalue weighted by Gasteiger charge is -2.64. The Kier molecular flexibility index (Phi) is 8.68. The Hall–Kier alpha value is -0.850. The molecule has 208 valence electrons. The molecule has 4 rings (SSSR count). The van der Waals surface area contributed by atoms with Crippen LogP contribution < -0.4 is 5.32 Å². The maximum absolute atomic E-state index is 12.1. The van der Waals surface area contributed by atoms with Crippen LogP contribution in [0.25, 0.3) is 0 Å². The number of hydrogen-bond acceptors (Lipinski definition) is 5. The van der Waals surface area contributed by atoms with E-state index in [1.54, 1.807) is 0 Å². The van der Waals surface area contributed by atoms with E-state index in [0.717, 1.165) is 32.1 Å². The molecule has 0 aliphatic heterocycles. The maximum Gasteiger partial charge on any atom is 0.407 e. The molecule has 0 bridgehead atoms. The lowest BCUT2D eigenvalue weighted by Crippen LogP contribution is -2.62. The summed E-state index contributed by atoms with van der Waals surface area (Å²) in [7, 11) is 0. The van der Waals surface area contributed by atoms with Crippen molar-refractivity contribution in [3.8, 4) is 0 Å². The monoisotopic (exact) mass is 507 g/mol. The topological polar surface area (TPSA) is 99.0 Å². The lowest BCUT2D eigenvalue weighted by molar-refractivity contribution is -0.203. The molecule has 0 radical (unpaired) electrons. The minimum absolute atomic E-state index is 0.0528. The van der Waals surface area contributed by atoms with Gasteiger partial charge in [0.05, 0.1) is 18.8 Å². The highest BCUT2D eigenvalue weighted by Gasteiger charge is 2.64. The van der Waals surface area contributed by atoms with Crippen LogP contribution in [0.4, 0.5) is 4.79 Å². The van der Waals surface area contributed by atoms with Crippen LogP contribution in [0.3, 0.4) is 0 Å². The Balaban J connectivity index is 1.42. The molecule has 4 fully saturated rings. The summed E-state index contributed by atoms with van der Waals surface area (Å²) in [5.41, 5.74) is 0.471. The van der Waals surface area contributed by atoms with Crippen LogP contribution in [-0.2, 0) is 4.74 Å². The minimum Gasteiger partial charge on any atom is -0.450 e. The summed E-state index contributed by atoms with van der Waals surface area (Å²) in [6.45, 7) is 11.9. The number of fused-ring (bicyclic) bond motifs is 5. The van der Waals surface area contributed by atoms with E-state index >= 15 is 0 Å².